The first-order valence-corrected chi connectivity index (χ1v) is 4.45. The maximum atomic E-state index is 11.4. The van der Waals surface area contributed by atoms with Gasteiger partial charge in [0.2, 0.25) is 5.89 Å². The smallest absolute Gasteiger partial charge is 0.253 e. The molecule has 2 rings (SSSR count). The zero-order chi connectivity index (χ0) is 10.7. The van der Waals surface area contributed by atoms with E-state index in [1.807, 2.05) is 0 Å². The van der Waals surface area contributed by atoms with Crippen LogP contribution >= 0.6 is 0 Å². The molecule has 0 aliphatic carbocycles. The van der Waals surface area contributed by atoms with Crippen LogP contribution in [0.25, 0.3) is 11.5 Å². The summed E-state index contributed by atoms with van der Waals surface area (Å²) in [6.45, 7) is 0.484. The Balaban J connectivity index is 2.38. The molecule has 6 nitrogen and oxygen atoms in total. The Kier molecular flexibility index (Phi) is 2.59. The number of pyridine rings is 1. The fraction of sp³-hybridized carbons (Fsp3) is 0.222. The van der Waals surface area contributed by atoms with Crippen LogP contribution in [0.4, 0.5) is 0 Å². The lowest BCUT2D eigenvalue weighted by Crippen LogP contribution is -2.05. The van der Waals surface area contributed by atoms with Crippen molar-refractivity contribution in [2.75, 3.05) is 7.05 Å². The molecular formula is C9H10N4O2. The Labute approximate surface area is 85.4 Å². The Morgan fingerprint density at radius 1 is 1.53 bits per heavy atom. The average molecular weight is 206 g/mol. The summed E-state index contributed by atoms with van der Waals surface area (Å²) in [4.78, 5) is 14.2. The molecule has 15 heavy (non-hydrogen) atoms. The number of hydrogen-bond donors (Lipinski definition) is 2. The zero-order valence-electron chi connectivity index (χ0n) is 8.15. The van der Waals surface area contributed by atoms with Crippen LogP contribution in [0.5, 0.6) is 0 Å². The second kappa shape index (κ2) is 4.05. The van der Waals surface area contributed by atoms with E-state index in [1.165, 1.54) is 6.07 Å². The number of rotatable bonds is 3. The third-order valence-electron chi connectivity index (χ3n) is 1.85. The highest BCUT2D eigenvalue weighted by Gasteiger charge is 2.10. The van der Waals surface area contributed by atoms with Gasteiger partial charge in [0.15, 0.2) is 5.43 Å². The van der Waals surface area contributed by atoms with E-state index in [2.05, 4.69) is 20.5 Å². The van der Waals surface area contributed by atoms with Crippen molar-refractivity contribution < 1.29 is 4.42 Å². The van der Waals surface area contributed by atoms with Gasteiger partial charge >= 0.3 is 0 Å². The number of aromatic nitrogens is 3. The van der Waals surface area contributed by atoms with Crippen molar-refractivity contribution >= 4 is 0 Å². The lowest BCUT2D eigenvalue weighted by molar-refractivity contribution is 0.490. The summed E-state index contributed by atoms with van der Waals surface area (Å²) >= 11 is 0. The van der Waals surface area contributed by atoms with Crippen LogP contribution in [0.3, 0.4) is 0 Å². The molecular weight excluding hydrogens is 196 g/mol. The molecule has 2 aromatic rings. The molecule has 0 radical (unpaired) electrons. The Hall–Kier alpha value is -1.95. The van der Waals surface area contributed by atoms with Gasteiger partial charge < -0.3 is 14.7 Å². The quantitative estimate of drug-likeness (QED) is 0.746. The highest BCUT2D eigenvalue weighted by molar-refractivity contribution is 5.49. The summed E-state index contributed by atoms with van der Waals surface area (Å²) in [5.74, 6) is 0.692. The summed E-state index contributed by atoms with van der Waals surface area (Å²) < 4.78 is 5.29. The molecule has 6 heteroatoms. The molecule has 0 bridgehead atoms. The van der Waals surface area contributed by atoms with E-state index in [0.29, 0.717) is 18.0 Å². The van der Waals surface area contributed by atoms with Crippen molar-refractivity contribution in [3.05, 3.63) is 34.6 Å². The van der Waals surface area contributed by atoms with Gasteiger partial charge in [-0.1, -0.05) is 0 Å². The predicted molar refractivity (Wildman–Crippen MR) is 53.1 cm³/mol. The first kappa shape index (κ1) is 9.60. The lowest BCUT2D eigenvalue weighted by atomic mass is 10.3. The minimum Gasteiger partial charge on any atom is -0.419 e. The van der Waals surface area contributed by atoms with Crippen molar-refractivity contribution in [1.82, 2.24) is 20.5 Å². The highest BCUT2D eigenvalue weighted by atomic mass is 16.4. The zero-order valence-corrected chi connectivity index (χ0v) is 8.15. The van der Waals surface area contributed by atoms with Crippen LogP contribution < -0.4 is 10.7 Å². The molecule has 2 aromatic heterocycles. The molecule has 0 aliphatic rings. The van der Waals surface area contributed by atoms with Gasteiger partial charge in [0.05, 0.1) is 6.54 Å². The fourth-order valence-corrected chi connectivity index (χ4v) is 1.17. The van der Waals surface area contributed by atoms with Gasteiger partial charge in [-0.3, -0.25) is 4.79 Å². The van der Waals surface area contributed by atoms with E-state index in [0.717, 1.165) is 0 Å². The van der Waals surface area contributed by atoms with Gasteiger partial charge in [-0.2, -0.15) is 0 Å². The maximum Gasteiger partial charge on any atom is 0.253 e. The van der Waals surface area contributed by atoms with Crippen LogP contribution in [0.2, 0.25) is 0 Å². The third-order valence-corrected chi connectivity index (χ3v) is 1.85. The van der Waals surface area contributed by atoms with Gasteiger partial charge in [0.1, 0.15) is 5.56 Å². The third kappa shape index (κ3) is 1.94. The monoisotopic (exact) mass is 206 g/mol. The van der Waals surface area contributed by atoms with Crippen molar-refractivity contribution in [3.8, 4) is 11.5 Å². The standard InChI is InChI=1S/C9H10N4O2/c1-10-5-8-12-13-9(15-8)6-4-11-3-2-7(6)14/h2-4,10H,5H2,1H3,(H,11,14). The van der Waals surface area contributed by atoms with Crippen LogP contribution in [-0.2, 0) is 6.54 Å². The normalized spacial score (nSPS) is 10.5. The molecule has 78 valence electrons. The first-order valence-electron chi connectivity index (χ1n) is 4.45. The van der Waals surface area contributed by atoms with Crippen molar-refractivity contribution in [2.45, 2.75) is 6.54 Å². The first-order chi connectivity index (χ1) is 7.31. The van der Waals surface area contributed by atoms with Gasteiger partial charge in [0, 0.05) is 18.5 Å². The minimum atomic E-state index is -0.145. The number of nitrogens with one attached hydrogen (secondary N) is 2. The summed E-state index contributed by atoms with van der Waals surface area (Å²) in [7, 11) is 1.78. The highest BCUT2D eigenvalue weighted by Crippen LogP contribution is 2.11. The fourth-order valence-electron chi connectivity index (χ4n) is 1.17. The van der Waals surface area contributed by atoms with Crippen molar-refractivity contribution in [2.24, 2.45) is 0 Å². The lowest BCUT2D eigenvalue weighted by Gasteiger charge is -1.92. The van der Waals surface area contributed by atoms with Gasteiger partial charge in [-0.15, -0.1) is 10.2 Å². The summed E-state index contributed by atoms with van der Waals surface area (Å²) in [5.41, 5.74) is 0.237. The van der Waals surface area contributed by atoms with Crippen LogP contribution in [-0.4, -0.2) is 22.2 Å². The largest absolute Gasteiger partial charge is 0.419 e. The number of nitrogens with zero attached hydrogens (tertiary/aromatic N) is 2. The van der Waals surface area contributed by atoms with Crippen molar-refractivity contribution in [1.29, 1.82) is 0 Å². The SMILES string of the molecule is CNCc1nnc(-c2c[nH]ccc2=O)o1. The van der Waals surface area contributed by atoms with E-state index in [4.69, 9.17) is 4.42 Å². The molecule has 0 fully saturated rings. The van der Waals surface area contributed by atoms with E-state index in [-0.39, 0.29) is 11.3 Å². The number of hydrogen-bond acceptors (Lipinski definition) is 5. The molecule has 0 spiro atoms. The van der Waals surface area contributed by atoms with Crippen LogP contribution in [0.15, 0.2) is 27.7 Å². The van der Waals surface area contributed by atoms with Gasteiger partial charge in [-0.05, 0) is 7.05 Å². The van der Waals surface area contributed by atoms with Gasteiger partial charge in [0.25, 0.3) is 5.89 Å². The van der Waals surface area contributed by atoms with Crippen LogP contribution in [0.1, 0.15) is 5.89 Å². The van der Waals surface area contributed by atoms with E-state index < -0.39 is 0 Å². The van der Waals surface area contributed by atoms with E-state index >= 15 is 0 Å². The second-order valence-electron chi connectivity index (χ2n) is 2.95. The molecule has 0 saturated heterocycles. The topological polar surface area (TPSA) is 83.8 Å². The molecule has 0 aliphatic heterocycles. The van der Waals surface area contributed by atoms with E-state index in [9.17, 15) is 4.79 Å². The molecule has 2 N–H and O–H groups in total. The number of aromatic amines is 1. The molecule has 0 aromatic carbocycles. The van der Waals surface area contributed by atoms with Crippen molar-refractivity contribution in [3.63, 3.8) is 0 Å². The molecule has 2 heterocycles. The molecule has 0 atom stereocenters. The minimum absolute atomic E-state index is 0.145. The summed E-state index contributed by atoms with van der Waals surface area (Å²) in [6, 6.07) is 1.41. The van der Waals surface area contributed by atoms with E-state index in [1.54, 1.807) is 19.4 Å². The molecule has 0 unspecified atom stereocenters. The average Bonchev–Trinajstić information content (AvgIpc) is 2.68. The second-order valence-corrected chi connectivity index (χ2v) is 2.95. The summed E-state index contributed by atoms with van der Waals surface area (Å²) in [5, 5.41) is 10.5. The molecule has 0 saturated carbocycles. The Bertz CT molecular complexity index is 503. The number of H-pyrrole nitrogens is 1. The molecule has 0 amide bonds. The van der Waals surface area contributed by atoms with Gasteiger partial charge in [-0.25, -0.2) is 0 Å². The predicted octanol–water partition coefficient (Wildman–Crippen LogP) is 0.144. The van der Waals surface area contributed by atoms with Crippen LogP contribution in [0, 0.1) is 0 Å². The Morgan fingerprint density at radius 2 is 2.40 bits per heavy atom. The Morgan fingerprint density at radius 3 is 3.13 bits per heavy atom. The maximum absolute atomic E-state index is 11.4. The summed E-state index contributed by atoms with van der Waals surface area (Å²) in [6.07, 6.45) is 3.09.